The van der Waals surface area contributed by atoms with Gasteiger partial charge in [-0.2, -0.15) is 0 Å². The number of nitrogens with one attached hydrogen (secondary N) is 1. The number of carbonyl (C=O) groups is 1. The Morgan fingerprint density at radius 1 is 1.50 bits per heavy atom. The van der Waals surface area contributed by atoms with E-state index in [-0.39, 0.29) is 11.9 Å². The Morgan fingerprint density at radius 3 is 2.70 bits per heavy atom. The number of amides is 1. The van der Waals surface area contributed by atoms with Crippen molar-refractivity contribution < 1.29 is 9.00 Å². The summed E-state index contributed by atoms with van der Waals surface area (Å²) in [5, 5.41) is 3.09. The Morgan fingerprint density at radius 2 is 2.15 bits per heavy atom. The molecular weight excluding hydrogens is 272 g/mol. The molecule has 4 atom stereocenters. The van der Waals surface area contributed by atoms with Crippen molar-refractivity contribution in [2.24, 2.45) is 17.1 Å². The van der Waals surface area contributed by atoms with Gasteiger partial charge in [-0.3, -0.25) is 9.00 Å². The summed E-state index contributed by atoms with van der Waals surface area (Å²) in [5.41, 5.74) is 6.17. The smallest absolute Gasteiger partial charge is 0.237 e. The average molecular weight is 302 g/mol. The topological polar surface area (TPSA) is 72.2 Å². The molecule has 0 radical (unpaired) electrons. The van der Waals surface area contributed by atoms with E-state index < -0.39 is 16.8 Å². The SMILES string of the molecule is CC(C)C1(C)CCC[C@H](NC(=O)[C@@H](N)CC[S@@](C)=O)C1. The van der Waals surface area contributed by atoms with Gasteiger partial charge in [-0.05, 0) is 37.0 Å². The normalized spacial score (nSPS) is 30.0. The van der Waals surface area contributed by atoms with Gasteiger partial charge in [0.15, 0.2) is 0 Å². The van der Waals surface area contributed by atoms with Crippen LogP contribution in [0.15, 0.2) is 0 Å². The zero-order valence-electron chi connectivity index (χ0n) is 13.3. The lowest BCUT2D eigenvalue weighted by Gasteiger charge is -2.41. The van der Waals surface area contributed by atoms with Crippen LogP contribution >= 0.6 is 0 Å². The van der Waals surface area contributed by atoms with Gasteiger partial charge >= 0.3 is 0 Å². The number of nitrogens with two attached hydrogens (primary N) is 1. The molecule has 0 aromatic heterocycles. The van der Waals surface area contributed by atoms with Crippen LogP contribution in [0.2, 0.25) is 0 Å². The fourth-order valence-corrected chi connectivity index (χ4v) is 3.48. The molecule has 5 heteroatoms. The Kier molecular flexibility index (Phi) is 6.65. The maximum absolute atomic E-state index is 12.1. The Bertz CT molecular complexity index is 360. The van der Waals surface area contributed by atoms with Gasteiger partial charge in [-0.25, -0.2) is 0 Å². The molecule has 0 aromatic carbocycles. The molecule has 1 aliphatic carbocycles. The molecular formula is C15H30N2O2S. The molecule has 0 saturated heterocycles. The summed E-state index contributed by atoms with van der Waals surface area (Å²) in [4.78, 5) is 12.1. The summed E-state index contributed by atoms with van der Waals surface area (Å²) >= 11 is 0. The highest BCUT2D eigenvalue weighted by Gasteiger charge is 2.35. The quantitative estimate of drug-likeness (QED) is 0.786. The second-order valence-corrected chi connectivity index (χ2v) is 8.34. The summed E-state index contributed by atoms with van der Waals surface area (Å²) in [5.74, 6) is 1.02. The Hall–Kier alpha value is -0.420. The maximum atomic E-state index is 12.1. The summed E-state index contributed by atoms with van der Waals surface area (Å²) < 4.78 is 11.0. The first-order valence-corrected chi connectivity index (χ1v) is 9.33. The molecule has 3 N–H and O–H groups in total. The van der Waals surface area contributed by atoms with Crippen molar-refractivity contribution >= 4 is 16.7 Å². The highest BCUT2D eigenvalue weighted by molar-refractivity contribution is 7.84. The predicted molar refractivity (Wildman–Crippen MR) is 84.9 cm³/mol. The highest BCUT2D eigenvalue weighted by Crippen LogP contribution is 2.41. The van der Waals surface area contributed by atoms with Crippen molar-refractivity contribution in [1.82, 2.24) is 5.32 Å². The van der Waals surface area contributed by atoms with Crippen LogP contribution in [0.4, 0.5) is 0 Å². The summed E-state index contributed by atoms with van der Waals surface area (Å²) in [6.45, 7) is 6.83. The summed E-state index contributed by atoms with van der Waals surface area (Å²) in [6.07, 6.45) is 6.60. The molecule has 118 valence electrons. The number of rotatable bonds is 6. The van der Waals surface area contributed by atoms with Crippen molar-refractivity contribution in [3.8, 4) is 0 Å². The van der Waals surface area contributed by atoms with Crippen LogP contribution < -0.4 is 11.1 Å². The third kappa shape index (κ3) is 5.17. The van der Waals surface area contributed by atoms with Crippen molar-refractivity contribution in [3.05, 3.63) is 0 Å². The van der Waals surface area contributed by atoms with Crippen molar-refractivity contribution in [2.45, 2.75) is 65.0 Å². The van der Waals surface area contributed by atoms with Crippen LogP contribution in [-0.2, 0) is 15.6 Å². The first kappa shape index (κ1) is 17.6. The zero-order valence-corrected chi connectivity index (χ0v) is 14.1. The third-order valence-corrected chi connectivity index (χ3v) is 5.62. The molecule has 1 fully saturated rings. The molecule has 1 unspecified atom stereocenters. The lowest BCUT2D eigenvalue weighted by atomic mass is 9.67. The molecule has 0 bridgehead atoms. The lowest BCUT2D eigenvalue weighted by Crippen LogP contribution is -2.49. The molecule has 1 amide bonds. The van der Waals surface area contributed by atoms with Crippen molar-refractivity contribution in [1.29, 1.82) is 0 Å². The minimum atomic E-state index is -0.888. The van der Waals surface area contributed by atoms with Crippen LogP contribution in [0.3, 0.4) is 0 Å². The Balaban J connectivity index is 2.47. The van der Waals surface area contributed by atoms with E-state index in [1.165, 1.54) is 6.42 Å². The number of carbonyl (C=O) groups excluding carboxylic acids is 1. The lowest BCUT2D eigenvalue weighted by molar-refractivity contribution is -0.123. The first-order valence-electron chi connectivity index (χ1n) is 7.60. The molecule has 20 heavy (non-hydrogen) atoms. The molecule has 0 heterocycles. The molecule has 0 spiro atoms. The van der Waals surface area contributed by atoms with Crippen LogP contribution in [0.1, 0.15) is 52.9 Å². The van der Waals surface area contributed by atoms with Gasteiger partial charge in [0.05, 0.1) is 6.04 Å². The van der Waals surface area contributed by atoms with Crippen molar-refractivity contribution in [3.63, 3.8) is 0 Å². The summed E-state index contributed by atoms with van der Waals surface area (Å²) in [7, 11) is -0.888. The number of hydrogen-bond donors (Lipinski definition) is 2. The molecule has 0 aliphatic heterocycles. The van der Waals surface area contributed by atoms with E-state index in [0.717, 1.165) is 19.3 Å². The van der Waals surface area contributed by atoms with Crippen LogP contribution in [0, 0.1) is 11.3 Å². The van der Waals surface area contributed by atoms with E-state index in [9.17, 15) is 9.00 Å². The predicted octanol–water partition coefficient (Wildman–Crippen LogP) is 1.80. The molecule has 1 saturated carbocycles. The van der Waals surface area contributed by atoms with Gasteiger partial charge < -0.3 is 11.1 Å². The van der Waals surface area contributed by atoms with Crippen LogP contribution in [0.25, 0.3) is 0 Å². The van der Waals surface area contributed by atoms with Gasteiger partial charge in [0.1, 0.15) is 0 Å². The van der Waals surface area contributed by atoms with E-state index in [1.807, 2.05) is 0 Å². The van der Waals surface area contributed by atoms with E-state index in [2.05, 4.69) is 26.1 Å². The Labute approximate surface area is 125 Å². The average Bonchev–Trinajstić information content (AvgIpc) is 2.35. The third-order valence-electron chi connectivity index (χ3n) is 4.81. The van der Waals surface area contributed by atoms with Gasteiger partial charge in [0.25, 0.3) is 0 Å². The molecule has 1 aliphatic rings. The van der Waals surface area contributed by atoms with E-state index in [4.69, 9.17) is 5.73 Å². The van der Waals surface area contributed by atoms with E-state index in [1.54, 1.807) is 6.26 Å². The fourth-order valence-electron chi connectivity index (χ4n) is 2.90. The highest BCUT2D eigenvalue weighted by atomic mass is 32.2. The second-order valence-electron chi connectivity index (χ2n) is 6.78. The standard InChI is InChI=1S/C15H30N2O2S/c1-11(2)15(3)8-5-6-12(10-15)17-14(18)13(16)7-9-20(4)19/h11-13H,5-10,16H2,1-4H3,(H,17,18)/t12-,13-,15?,20+/m0/s1. The largest absolute Gasteiger partial charge is 0.352 e. The second kappa shape index (κ2) is 7.55. The first-order chi connectivity index (χ1) is 9.24. The molecule has 0 aromatic rings. The van der Waals surface area contributed by atoms with Gasteiger partial charge in [0, 0.05) is 28.9 Å². The fraction of sp³-hybridized carbons (Fsp3) is 0.933. The minimum Gasteiger partial charge on any atom is -0.352 e. The van der Waals surface area contributed by atoms with E-state index >= 15 is 0 Å². The monoisotopic (exact) mass is 302 g/mol. The zero-order chi connectivity index (χ0) is 15.3. The maximum Gasteiger partial charge on any atom is 0.237 e. The van der Waals surface area contributed by atoms with Crippen LogP contribution in [-0.4, -0.2) is 34.2 Å². The van der Waals surface area contributed by atoms with Gasteiger partial charge in [0.2, 0.25) is 5.91 Å². The molecule has 1 rings (SSSR count). The molecule has 4 nitrogen and oxygen atoms in total. The van der Waals surface area contributed by atoms with Crippen LogP contribution in [0.5, 0.6) is 0 Å². The van der Waals surface area contributed by atoms with Crippen molar-refractivity contribution in [2.75, 3.05) is 12.0 Å². The van der Waals surface area contributed by atoms with Gasteiger partial charge in [-0.15, -0.1) is 0 Å². The number of hydrogen-bond acceptors (Lipinski definition) is 3. The summed E-state index contributed by atoms with van der Waals surface area (Å²) in [6, 6.07) is -0.298. The van der Waals surface area contributed by atoms with Gasteiger partial charge in [-0.1, -0.05) is 27.2 Å². The van der Waals surface area contributed by atoms with E-state index in [0.29, 0.717) is 23.5 Å². The minimum absolute atomic E-state index is 0.0894.